The van der Waals surface area contributed by atoms with Gasteiger partial charge in [0.05, 0.1) is 0 Å². The van der Waals surface area contributed by atoms with Gasteiger partial charge < -0.3 is 11.1 Å². The number of nitrogens with two attached hydrogens (primary N) is 1. The molecule has 0 heterocycles. The monoisotopic (exact) mass is 282 g/mol. The summed E-state index contributed by atoms with van der Waals surface area (Å²) in [5, 5.41) is 2.81. The zero-order valence-corrected chi connectivity index (χ0v) is 11.4. The first-order valence-corrected chi connectivity index (χ1v) is 7.02. The molecule has 110 valence electrons. The highest BCUT2D eigenvalue weighted by molar-refractivity contribution is 5.75. The van der Waals surface area contributed by atoms with Gasteiger partial charge >= 0.3 is 0 Å². The van der Waals surface area contributed by atoms with E-state index in [1.165, 1.54) is 6.07 Å². The number of amides is 1. The van der Waals surface area contributed by atoms with Crippen LogP contribution in [0.4, 0.5) is 8.78 Å². The molecule has 0 radical (unpaired) electrons. The Morgan fingerprint density at radius 2 is 2.10 bits per heavy atom. The normalized spacial score (nSPS) is 15.9. The highest BCUT2D eigenvalue weighted by Crippen LogP contribution is 2.31. The van der Waals surface area contributed by atoms with Crippen LogP contribution in [-0.2, 0) is 11.2 Å². The van der Waals surface area contributed by atoms with Crippen molar-refractivity contribution < 1.29 is 13.6 Å². The minimum atomic E-state index is -0.847. The smallest absolute Gasteiger partial charge is 0.220 e. The minimum absolute atomic E-state index is 0.0383. The first-order chi connectivity index (χ1) is 9.56. The second-order valence-electron chi connectivity index (χ2n) is 5.41. The van der Waals surface area contributed by atoms with E-state index in [2.05, 4.69) is 5.32 Å². The summed E-state index contributed by atoms with van der Waals surface area (Å²) in [6.07, 6.45) is 3.85. The molecule has 0 bridgehead atoms. The number of nitrogens with one attached hydrogen (secondary N) is 1. The molecule has 1 saturated carbocycles. The molecule has 0 spiro atoms. The molecule has 20 heavy (non-hydrogen) atoms. The van der Waals surface area contributed by atoms with Gasteiger partial charge in [-0.05, 0) is 49.3 Å². The molecule has 1 aromatic carbocycles. The van der Waals surface area contributed by atoms with Crippen LogP contribution < -0.4 is 11.1 Å². The van der Waals surface area contributed by atoms with E-state index in [9.17, 15) is 13.6 Å². The predicted octanol–water partition coefficient (Wildman–Crippen LogP) is 2.14. The van der Waals surface area contributed by atoms with Crippen LogP contribution in [0.25, 0.3) is 0 Å². The number of hydrogen-bond donors (Lipinski definition) is 2. The lowest BCUT2D eigenvalue weighted by atomic mass is 10.1. The Morgan fingerprint density at radius 3 is 2.75 bits per heavy atom. The predicted molar refractivity (Wildman–Crippen MR) is 73.0 cm³/mol. The summed E-state index contributed by atoms with van der Waals surface area (Å²) in [5.41, 5.74) is 6.59. The molecule has 1 fully saturated rings. The average molecular weight is 282 g/mol. The van der Waals surface area contributed by atoms with Crippen molar-refractivity contribution in [2.24, 2.45) is 11.7 Å². The number of carbonyl (C=O) groups is 1. The summed E-state index contributed by atoms with van der Waals surface area (Å²) in [4.78, 5) is 11.6. The van der Waals surface area contributed by atoms with Crippen molar-refractivity contribution in [3.8, 4) is 0 Å². The molecule has 1 aliphatic carbocycles. The number of halogens is 2. The van der Waals surface area contributed by atoms with E-state index in [1.54, 1.807) is 6.07 Å². The van der Waals surface area contributed by atoms with Crippen molar-refractivity contribution in [3.05, 3.63) is 35.4 Å². The molecule has 1 aliphatic rings. The largest absolute Gasteiger partial charge is 0.355 e. The maximum Gasteiger partial charge on any atom is 0.220 e. The first-order valence-electron chi connectivity index (χ1n) is 7.02. The maximum atomic E-state index is 13.0. The van der Waals surface area contributed by atoms with Crippen molar-refractivity contribution in [3.63, 3.8) is 0 Å². The first kappa shape index (κ1) is 14.9. The van der Waals surface area contributed by atoms with Gasteiger partial charge in [-0.1, -0.05) is 6.07 Å². The molecular formula is C15H20F2N2O. The van der Waals surface area contributed by atoms with E-state index in [-0.39, 0.29) is 11.9 Å². The van der Waals surface area contributed by atoms with Gasteiger partial charge in [0.15, 0.2) is 11.6 Å². The average Bonchev–Trinajstić information content (AvgIpc) is 3.24. The van der Waals surface area contributed by atoms with Gasteiger partial charge in [0.2, 0.25) is 5.91 Å². The summed E-state index contributed by atoms with van der Waals surface area (Å²) < 4.78 is 25.7. The van der Waals surface area contributed by atoms with E-state index in [0.717, 1.165) is 18.9 Å². The van der Waals surface area contributed by atoms with E-state index in [1.807, 2.05) is 0 Å². The summed E-state index contributed by atoms with van der Waals surface area (Å²) in [6.45, 7) is 0.522. The Labute approximate surface area is 117 Å². The van der Waals surface area contributed by atoms with Crippen LogP contribution in [0.2, 0.25) is 0 Å². The van der Waals surface area contributed by atoms with E-state index < -0.39 is 11.6 Å². The third-order valence-corrected chi connectivity index (χ3v) is 3.62. The van der Waals surface area contributed by atoms with Gasteiger partial charge in [0.1, 0.15) is 0 Å². The maximum absolute atomic E-state index is 13.0. The highest BCUT2D eigenvalue weighted by Gasteiger charge is 2.28. The minimum Gasteiger partial charge on any atom is -0.355 e. The van der Waals surface area contributed by atoms with Gasteiger partial charge in [-0.15, -0.1) is 0 Å². The Balaban J connectivity index is 1.64. The van der Waals surface area contributed by atoms with E-state index >= 15 is 0 Å². The van der Waals surface area contributed by atoms with Crippen LogP contribution in [0.5, 0.6) is 0 Å². The quantitative estimate of drug-likeness (QED) is 0.805. The third-order valence-electron chi connectivity index (χ3n) is 3.62. The molecule has 0 aliphatic heterocycles. The summed E-state index contributed by atoms with van der Waals surface area (Å²) in [5.74, 6) is -1.16. The molecule has 2 rings (SSSR count). The number of aryl methyl sites for hydroxylation is 1. The van der Waals surface area contributed by atoms with Gasteiger partial charge in [-0.25, -0.2) is 8.78 Å². The highest BCUT2D eigenvalue weighted by atomic mass is 19.2. The van der Waals surface area contributed by atoms with Gasteiger partial charge in [0.25, 0.3) is 0 Å². The van der Waals surface area contributed by atoms with Crippen molar-refractivity contribution in [1.29, 1.82) is 0 Å². The lowest BCUT2D eigenvalue weighted by Gasteiger charge is -2.11. The molecule has 1 amide bonds. The number of carbonyl (C=O) groups excluding carboxylic acids is 1. The molecule has 5 heteroatoms. The van der Waals surface area contributed by atoms with E-state index in [4.69, 9.17) is 5.73 Å². The van der Waals surface area contributed by atoms with Gasteiger partial charge in [-0.2, -0.15) is 0 Å². The van der Waals surface area contributed by atoms with Crippen molar-refractivity contribution in [2.75, 3.05) is 6.54 Å². The molecular weight excluding hydrogens is 262 g/mol. The summed E-state index contributed by atoms with van der Waals surface area (Å²) in [6, 6.07) is 3.89. The Morgan fingerprint density at radius 1 is 1.35 bits per heavy atom. The van der Waals surface area contributed by atoms with Gasteiger partial charge in [-0.3, -0.25) is 4.79 Å². The molecule has 1 unspecified atom stereocenters. The zero-order chi connectivity index (χ0) is 14.5. The van der Waals surface area contributed by atoms with Crippen LogP contribution in [0.3, 0.4) is 0 Å². The van der Waals surface area contributed by atoms with Crippen LogP contribution in [-0.4, -0.2) is 18.5 Å². The number of benzene rings is 1. The standard InChI is InChI=1S/C15H20F2N2O/c16-12-7-4-10(8-13(12)17)2-1-3-15(20)19-9-14(18)11-5-6-11/h4,7-8,11,14H,1-3,5-6,9,18H2,(H,19,20). The lowest BCUT2D eigenvalue weighted by molar-refractivity contribution is -0.121. The van der Waals surface area contributed by atoms with Crippen LogP contribution in [0.1, 0.15) is 31.2 Å². The summed E-state index contributed by atoms with van der Waals surface area (Å²) >= 11 is 0. The van der Waals surface area contributed by atoms with Crippen molar-refractivity contribution in [2.45, 2.75) is 38.1 Å². The fourth-order valence-electron chi connectivity index (χ4n) is 2.16. The fourth-order valence-corrected chi connectivity index (χ4v) is 2.16. The molecule has 1 aromatic rings. The third kappa shape index (κ3) is 4.56. The molecule has 0 aromatic heterocycles. The molecule has 3 nitrogen and oxygen atoms in total. The van der Waals surface area contributed by atoms with Crippen molar-refractivity contribution in [1.82, 2.24) is 5.32 Å². The van der Waals surface area contributed by atoms with Crippen LogP contribution in [0, 0.1) is 17.6 Å². The fraction of sp³-hybridized carbons (Fsp3) is 0.533. The molecule has 0 saturated heterocycles. The lowest BCUT2D eigenvalue weighted by Crippen LogP contribution is -2.38. The SMILES string of the molecule is NC(CNC(=O)CCCc1ccc(F)c(F)c1)C1CC1. The number of hydrogen-bond acceptors (Lipinski definition) is 2. The van der Waals surface area contributed by atoms with Crippen molar-refractivity contribution >= 4 is 5.91 Å². The van der Waals surface area contributed by atoms with Crippen LogP contribution >= 0.6 is 0 Å². The Bertz CT molecular complexity index is 475. The second kappa shape index (κ2) is 6.79. The van der Waals surface area contributed by atoms with Gasteiger partial charge in [0, 0.05) is 19.0 Å². The van der Waals surface area contributed by atoms with E-state index in [0.29, 0.717) is 37.3 Å². The Hall–Kier alpha value is -1.49. The molecule has 1 atom stereocenters. The second-order valence-corrected chi connectivity index (χ2v) is 5.41. The molecule has 3 N–H and O–H groups in total. The number of rotatable bonds is 7. The topological polar surface area (TPSA) is 55.1 Å². The summed E-state index contributed by atoms with van der Waals surface area (Å²) in [7, 11) is 0. The zero-order valence-electron chi connectivity index (χ0n) is 11.4. The Kier molecular flexibility index (Phi) is 5.06. The van der Waals surface area contributed by atoms with Crippen LogP contribution in [0.15, 0.2) is 18.2 Å².